The van der Waals surface area contributed by atoms with E-state index in [-0.39, 0.29) is 10.4 Å². The number of H-pyrrole nitrogens is 2. The van der Waals surface area contributed by atoms with Crippen molar-refractivity contribution in [2.45, 2.75) is 0 Å². The molecule has 0 aromatic carbocycles. The summed E-state index contributed by atoms with van der Waals surface area (Å²) >= 11 is 0.957. The summed E-state index contributed by atoms with van der Waals surface area (Å²) in [5.74, 6) is 0. The molecule has 0 unspecified atom stereocenters. The van der Waals surface area contributed by atoms with Gasteiger partial charge in [0.25, 0.3) is 0 Å². The quantitative estimate of drug-likeness (QED) is 0.681. The van der Waals surface area contributed by atoms with E-state index >= 15 is 0 Å². The SMILES string of the molecule is O=c1cccc(-c2n[nH]c(=O)s2)[nH]1. The van der Waals surface area contributed by atoms with Crippen LogP contribution in [0, 0.1) is 0 Å². The van der Waals surface area contributed by atoms with E-state index in [0.29, 0.717) is 10.7 Å². The summed E-state index contributed by atoms with van der Waals surface area (Å²) in [5.41, 5.74) is 0.344. The summed E-state index contributed by atoms with van der Waals surface area (Å²) < 4.78 is 0. The van der Waals surface area contributed by atoms with Crippen molar-refractivity contribution >= 4 is 11.3 Å². The molecule has 0 aliphatic rings. The molecule has 13 heavy (non-hydrogen) atoms. The molecule has 0 radical (unpaired) electrons. The molecule has 2 heterocycles. The highest BCUT2D eigenvalue weighted by atomic mass is 32.1. The summed E-state index contributed by atoms with van der Waals surface area (Å²) in [4.78, 5) is 24.0. The fourth-order valence-electron chi connectivity index (χ4n) is 0.918. The van der Waals surface area contributed by atoms with Gasteiger partial charge in [0.05, 0.1) is 5.69 Å². The minimum atomic E-state index is -0.236. The fraction of sp³-hybridized carbons (Fsp3) is 0. The number of rotatable bonds is 1. The van der Waals surface area contributed by atoms with Crippen LogP contribution in [-0.4, -0.2) is 15.2 Å². The maximum Gasteiger partial charge on any atom is 0.322 e. The van der Waals surface area contributed by atoms with Crippen LogP contribution >= 0.6 is 11.3 Å². The Balaban J connectivity index is 2.58. The van der Waals surface area contributed by atoms with Crippen LogP contribution in [0.15, 0.2) is 27.8 Å². The second kappa shape index (κ2) is 2.98. The molecule has 2 aromatic rings. The van der Waals surface area contributed by atoms with Gasteiger partial charge in [0, 0.05) is 6.07 Å². The Hall–Kier alpha value is -1.69. The molecule has 2 aromatic heterocycles. The molecule has 0 saturated carbocycles. The van der Waals surface area contributed by atoms with Crippen LogP contribution in [0.5, 0.6) is 0 Å². The summed E-state index contributed by atoms with van der Waals surface area (Å²) in [7, 11) is 0. The molecular formula is C7H5N3O2S. The van der Waals surface area contributed by atoms with Crippen molar-refractivity contribution in [2.24, 2.45) is 0 Å². The minimum Gasteiger partial charge on any atom is -0.320 e. The van der Waals surface area contributed by atoms with Gasteiger partial charge in [-0.2, -0.15) is 5.10 Å². The molecule has 0 aliphatic heterocycles. The Morgan fingerprint density at radius 1 is 1.31 bits per heavy atom. The normalized spacial score (nSPS) is 10.2. The first-order chi connectivity index (χ1) is 6.25. The van der Waals surface area contributed by atoms with Gasteiger partial charge in [-0.25, -0.2) is 5.10 Å². The smallest absolute Gasteiger partial charge is 0.320 e. The van der Waals surface area contributed by atoms with E-state index in [4.69, 9.17) is 0 Å². The number of aromatic nitrogens is 3. The first-order valence-electron chi connectivity index (χ1n) is 3.51. The standard InChI is InChI=1S/C7H5N3O2S/c11-5-3-1-2-4(8-5)6-9-10-7(12)13-6/h1-3H,(H,8,11)(H,10,12). The van der Waals surface area contributed by atoms with Gasteiger partial charge in [0.15, 0.2) is 5.01 Å². The molecule has 0 fully saturated rings. The van der Waals surface area contributed by atoms with E-state index < -0.39 is 0 Å². The molecule has 0 spiro atoms. The molecule has 0 aliphatic carbocycles. The zero-order valence-electron chi connectivity index (χ0n) is 6.40. The van der Waals surface area contributed by atoms with Crippen LogP contribution < -0.4 is 10.4 Å². The molecular weight excluding hydrogens is 190 g/mol. The molecule has 0 atom stereocenters. The predicted octanol–water partition coefficient (Wildman–Crippen LogP) is 0.187. The number of aromatic amines is 2. The number of hydrogen-bond acceptors (Lipinski definition) is 4. The lowest BCUT2D eigenvalue weighted by molar-refractivity contribution is 1.05. The third-order valence-corrected chi connectivity index (χ3v) is 2.22. The van der Waals surface area contributed by atoms with Crippen LogP contribution in [0.3, 0.4) is 0 Å². The highest BCUT2D eigenvalue weighted by Gasteiger charge is 2.02. The Labute approximate surface area is 76.1 Å². The Morgan fingerprint density at radius 2 is 2.15 bits per heavy atom. The van der Waals surface area contributed by atoms with Crippen molar-refractivity contribution in [3.05, 3.63) is 38.2 Å². The van der Waals surface area contributed by atoms with E-state index in [1.165, 1.54) is 6.07 Å². The van der Waals surface area contributed by atoms with Gasteiger partial charge in [0.1, 0.15) is 0 Å². The molecule has 6 heteroatoms. The predicted molar refractivity (Wildman–Crippen MR) is 48.8 cm³/mol. The fourth-order valence-corrected chi connectivity index (χ4v) is 1.50. The van der Waals surface area contributed by atoms with Gasteiger partial charge in [0.2, 0.25) is 5.56 Å². The van der Waals surface area contributed by atoms with Gasteiger partial charge >= 0.3 is 4.87 Å². The van der Waals surface area contributed by atoms with Crippen molar-refractivity contribution in [2.75, 3.05) is 0 Å². The lowest BCUT2D eigenvalue weighted by Gasteiger charge is -1.91. The first-order valence-corrected chi connectivity index (χ1v) is 4.32. The third kappa shape index (κ3) is 1.57. The second-order valence-corrected chi connectivity index (χ2v) is 3.31. The Kier molecular flexibility index (Phi) is 1.82. The summed E-state index contributed by atoms with van der Waals surface area (Å²) in [6, 6.07) is 4.70. The zero-order chi connectivity index (χ0) is 9.26. The number of hydrogen-bond donors (Lipinski definition) is 2. The van der Waals surface area contributed by atoms with Gasteiger partial charge < -0.3 is 4.98 Å². The molecule has 0 amide bonds. The van der Waals surface area contributed by atoms with E-state index in [1.54, 1.807) is 12.1 Å². The molecule has 66 valence electrons. The monoisotopic (exact) mass is 195 g/mol. The summed E-state index contributed by atoms with van der Waals surface area (Å²) in [6.45, 7) is 0. The minimum absolute atomic E-state index is 0.208. The number of nitrogens with zero attached hydrogens (tertiary/aromatic N) is 1. The molecule has 0 saturated heterocycles. The highest BCUT2D eigenvalue weighted by Crippen LogP contribution is 2.12. The lowest BCUT2D eigenvalue weighted by atomic mass is 10.4. The van der Waals surface area contributed by atoms with E-state index in [1.807, 2.05) is 0 Å². The van der Waals surface area contributed by atoms with Gasteiger partial charge in [-0.3, -0.25) is 9.59 Å². The average molecular weight is 195 g/mol. The van der Waals surface area contributed by atoms with Crippen LogP contribution in [-0.2, 0) is 0 Å². The van der Waals surface area contributed by atoms with Crippen molar-refractivity contribution in [3.63, 3.8) is 0 Å². The largest absolute Gasteiger partial charge is 0.322 e. The van der Waals surface area contributed by atoms with Gasteiger partial charge in [-0.1, -0.05) is 17.4 Å². The second-order valence-electron chi connectivity index (χ2n) is 2.35. The first kappa shape index (κ1) is 7.93. The molecule has 2 N–H and O–H groups in total. The summed E-state index contributed by atoms with van der Waals surface area (Å²) in [6.07, 6.45) is 0. The van der Waals surface area contributed by atoms with Crippen molar-refractivity contribution in [1.82, 2.24) is 15.2 Å². The number of nitrogens with one attached hydrogen (secondary N) is 2. The van der Waals surface area contributed by atoms with E-state index in [2.05, 4.69) is 15.2 Å². The third-order valence-electron chi connectivity index (χ3n) is 1.44. The number of pyridine rings is 1. The average Bonchev–Trinajstić information content (AvgIpc) is 2.52. The van der Waals surface area contributed by atoms with Crippen molar-refractivity contribution in [1.29, 1.82) is 0 Å². The lowest BCUT2D eigenvalue weighted by Crippen LogP contribution is -2.03. The maximum atomic E-state index is 10.9. The molecule has 5 nitrogen and oxygen atoms in total. The molecule has 0 bridgehead atoms. The van der Waals surface area contributed by atoms with Crippen LogP contribution in [0.4, 0.5) is 0 Å². The highest BCUT2D eigenvalue weighted by molar-refractivity contribution is 7.12. The topological polar surface area (TPSA) is 78.6 Å². The van der Waals surface area contributed by atoms with Crippen molar-refractivity contribution < 1.29 is 0 Å². The maximum absolute atomic E-state index is 10.9. The van der Waals surface area contributed by atoms with Crippen LogP contribution in [0.2, 0.25) is 0 Å². The van der Waals surface area contributed by atoms with Gasteiger partial charge in [-0.05, 0) is 6.07 Å². The zero-order valence-corrected chi connectivity index (χ0v) is 7.22. The van der Waals surface area contributed by atoms with E-state index in [9.17, 15) is 9.59 Å². The van der Waals surface area contributed by atoms with Crippen LogP contribution in [0.1, 0.15) is 0 Å². The van der Waals surface area contributed by atoms with Crippen LogP contribution in [0.25, 0.3) is 10.7 Å². The van der Waals surface area contributed by atoms with E-state index in [0.717, 1.165) is 11.3 Å². The van der Waals surface area contributed by atoms with Gasteiger partial charge in [-0.15, -0.1) is 0 Å². The Morgan fingerprint density at radius 3 is 2.77 bits per heavy atom. The molecule has 2 rings (SSSR count). The van der Waals surface area contributed by atoms with Crippen molar-refractivity contribution in [3.8, 4) is 10.7 Å². The Bertz CT molecular complexity index is 525. The summed E-state index contributed by atoms with van der Waals surface area (Å²) in [5, 5.41) is 6.50.